The van der Waals surface area contributed by atoms with E-state index in [4.69, 9.17) is 4.42 Å². The van der Waals surface area contributed by atoms with E-state index in [0.29, 0.717) is 12.4 Å². The minimum absolute atomic E-state index is 0. The van der Waals surface area contributed by atoms with Gasteiger partial charge < -0.3 is 24.9 Å². The van der Waals surface area contributed by atoms with E-state index in [1.807, 2.05) is 26.8 Å². The Morgan fingerprint density at radius 1 is 1.25 bits per heavy atom. The molecule has 1 unspecified atom stereocenters. The Labute approximate surface area is 185 Å². The highest BCUT2D eigenvalue weighted by atomic mass is 127. The van der Waals surface area contributed by atoms with Crippen LogP contribution in [0.25, 0.3) is 0 Å². The van der Waals surface area contributed by atoms with E-state index < -0.39 is 5.60 Å². The van der Waals surface area contributed by atoms with Crippen molar-refractivity contribution in [1.82, 2.24) is 10.6 Å². The molecule has 0 aliphatic heterocycles. The van der Waals surface area contributed by atoms with E-state index in [1.165, 1.54) is 7.11 Å². The molecule has 0 aliphatic carbocycles. The number of nitrogens with one attached hydrogen (secondary N) is 2. The van der Waals surface area contributed by atoms with Gasteiger partial charge in [0.2, 0.25) is 0 Å². The van der Waals surface area contributed by atoms with Gasteiger partial charge in [0.05, 0.1) is 13.7 Å². The highest BCUT2D eigenvalue weighted by molar-refractivity contribution is 14.0. The highest BCUT2D eigenvalue weighted by Crippen LogP contribution is 2.27. The first-order valence-electron chi connectivity index (χ1n) is 9.69. The molecule has 3 N–H and O–H groups in total. The molecule has 0 aromatic carbocycles. The van der Waals surface area contributed by atoms with Crippen LogP contribution in [0.5, 0.6) is 0 Å². The number of hydrogen-bond acceptors (Lipinski definition) is 5. The molecule has 8 heteroatoms. The van der Waals surface area contributed by atoms with Crippen LogP contribution >= 0.6 is 24.0 Å². The summed E-state index contributed by atoms with van der Waals surface area (Å²) in [5.74, 6) is 2.04. The number of rotatable bonds is 11. The minimum atomic E-state index is -1.09. The monoisotopic (exact) mass is 509 g/mol. The summed E-state index contributed by atoms with van der Waals surface area (Å²) in [6.45, 7) is 9.25. The first-order chi connectivity index (χ1) is 12.8. The number of furan rings is 1. The number of halogens is 1. The third kappa shape index (κ3) is 9.77. The van der Waals surface area contributed by atoms with Crippen molar-refractivity contribution in [2.75, 3.05) is 26.7 Å². The summed E-state index contributed by atoms with van der Waals surface area (Å²) in [5.41, 5.74) is -0.317. The Balaban J connectivity index is 0.00000729. The van der Waals surface area contributed by atoms with Crippen LogP contribution in [0.2, 0.25) is 0 Å². The van der Waals surface area contributed by atoms with Crippen molar-refractivity contribution in [1.29, 1.82) is 0 Å². The Morgan fingerprint density at radius 3 is 2.50 bits per heavy atom. The Hall–Kier alpha value is -1.29. The number of aryl methyl sites for hydroxylation is 2. The van der Waals surface area contributed by atoms with Crippen molar-refractivity contribution >= 4 is 35.9 Å². The molecule has 0 saturated heterocycles. The summed E-state index contributed by atoms with van der Waals surface area (Å²) in [5, 5.41) is 17.3. The lowest BCUT2D eigenvalue weighted by Crippen LogP contribution is -2.39. The molecule has 0 fully saturated rings. The molecule has 0 bridgehead atoms. The van der Waals surface area contributed by atoms with Gasteiger partial charge in [0, 0.05) is 25.1 Å². The Bertz CT molecular complexity index is 615. The number of nitrogens with zero attached hydrogens (tertiary/aromatic N) is 1. The number of methoxy groups -OCH3 is 1. The zero-order valence-corrected chi connectivity index (χ0v) is 20.1. The molecule has 1 rings (SSSR count). The first kappa shape index (κ1) is 26.7. The van der Waals surface area contributed by atoms with E-state index >= 15 is 0 Å². The number of hydrogen-bond donors (Lipinski definition) is 3. The van der Waals surface area contributed by atoms with Crippen LogP contribution in [0.4, 0.5) is 0 Å². The largest absolute Gasteiger partial charge is 0.469 e. The second-order valence-corrected chi connectivity index (χ2v) is 6.96. The fraction of sp³-hybridized carbons (Fsp3) is 0.700. The lowest BCUT2D eigenvalue weighted by atomic mass is 9.96. The number of ether oxygens (including phenoxy) is 1. The van der Waals surface area contributed by atoms with E-state index in [2.05, 4.69) is 20.4 Å². The van der Waals surface area contributed by atoms with Gasteiger partial charge in [-0.15, -0.1) is 24.0 Å². The van der Waals surface area contributed by atoms with Gasteiger partial charge >= 0.3 is 5.97 Å². The van der Waals surface area contributed by atoms with E-state index in [9.17, 15) is 9.90 Å². The maximum Gasteiger partial charge on any atom is 0.305 e. The zero-order valence-electron chi connectivity index (χ0n) is 17.8. The van der Waals surface area contributed by atoms with Gasteiger partial charge in [-0.05, 0) is 46.6 Å². The van der Waals surface area contributed by atoms with Crippen LogP contribution in [0.3, 0.4) is 0 Å². The molecule has 0 radical (unpaired) electrons. The lowest BCUT2D eigenvalue weighted by Gasteiger charge is -2.21. The summed E-state index contributed by atoms with van der Waals surface area (Å²) in [6.07, 6.45) is 4.36. The van der Waals surface area contributed by atoms with Crippen LogP contribution in [0.1, 0.15) is 63.0 Å². The Kier molecular flexibility index (Phi) is 13.2. The number of aliphatic imine (C=N–C) groups is 1. The maximum absolute atomic E-state index is 11.1. The van der Waals surface area contributed by atoms with Gasteiger partial charge in [-0.1, -0.05) is 12.8 Å². The molecule has 1 aromatic rings. The predicted octanol–water partition coefficient (Wildman–Crippen LogP) is 3.40. The van der Waals surface area contributed by atoms with Crippen molar-refractivity contribution in [3.8, 4) is 0 Å². The number of carbonyl (C=O) groups excluding carboxylic acids is 1. The summed E-state index contributed by atoms with van der Waals surface area (Å²) in [6, 6.07) is 1.86. The van der Waals surface area contributed by atoms with Crippen LogP contribution in [0, 0.1) is 13.8 Å². The van der Waals surface area contributed by atoms with Crippen molar-refractivity contribution in [2.24, 2.45) is 4.99 Å². The minimum Gasteiger partial charge on any atom is -0.469 e. The molecule has 28 heavy (non-hydrogen) atoms. The van der Waals surface area contributed by atoms with Gasteiger partial charge in [-0.25, -0.2) is 4.99 Å². The first-order valence-corrected chi connectivity index (χ1v) is 9.69. The standard InChI is InChI=1S/C20H35N3O4.HI/c1-6-21-19(22-12-10-8-7-9-11-18(24)26-5)23-14-20(4,25)17-13-15(2)27-16(17)3;/h13,25H,6-12,14H2,1-5H3,(H2,21,22,23);1H. The molecule has 1 atom stereocenters. The maximum atomic E-state index is 11.1. The second-order valence-electron chi connectivity index (χ2n) is 6.96. The average Bonchev–Trinajstić information content (AvgIpc) is 2.97. The van der Waals surface area contributed by atoms with Crippen molar-refractivity contribution in [3.63, 3.8) is 0 Å². The van der Waals surface area contributed by atoms with Crippen LogP contribution < -0.4 is 10.6 Å². The topological polar surface area (TPSA) is 96.1 Å². The molecule has 0 saturated carbocycles. The van der Waals surface area contributed by atoms with Crippen LogP contribution in [0.15, 0.2) is 15.5 Å². The fourth-order valence-electron chi connectivity index (χ4n) is 2.88. The smallest absolute Gasteiger partial charge is 0.305 e. The molecule has 0 aliphatic rings. The third-order valence-electron chi connectivity index (χ3n) is 4.34. The van der Waals surface area contributed by atoms with Gasteiger partial charge in [-0.3, -0.25) is 4.79 Å². The number of unbranched alkanes of at least 4 members (excludes halogenated alkanes) is 3. The predicted molar refractivity (Wildman–Crippen MR) is 122 cm³/mol. The molecule has 162 valence electrons. The van der Waals surface area contributed by atoms with Crippen LogP contribution in [-0.2, 0) is 15.1 Å². The normalized spacial score (nSPS) is 13.4. The van der Waals surface area contributed by atoms with E-state index in [0.717, 1.165) is 55.9 Å². The quantitative estimate of drug-likeness (QED) is 0.139. The van der Waals surface area contributed by atoms with Crippen LogP contribution in [-0.4, -0.2) is 43.8 Å². The fourth-order valence-corrected chi connectivity index (χ4v) is 2.88. The van der Waals surface area contributed by atoms with Crippen molar-refractivity contribution in [2.45, 2.75) is 65.4 Å². The van der Waals surface area contributed by atoms with E-state index in [-0.39, 0.29) is 36.5 Å². The molecule has 1 aromatic heterocycles. The van der Waals surface area contributed by atoms with Gasteiger partial charge in [-0.2, -0.15) is 0 Å². The van der Waals surface area contributed by atoms with E-state index in [1.54, 1.807) is 6.92 Å². The SMILES string of the molecule is CCNC(=NCC(C)(O)c1cc(C)oc1C)NCCCCCCC(=O)OC.I. The molecule has 0 amide bonds. The van der Waals surface area contributed by atoms with Crippen molar-refractivity contribution < 1.29 is 19.1 Å². The molecular weight excluding hydrogens is 473 g/mol. The summed E-state index contributed by atoms with van der Waals surface area (Å²) < 4.78 is 10.1. The van der Waals surface area contributed by atoms with Crippen molar-refractivity contribution in [3.05, 3.63) is 23.2 Å². The molecular formula is C20H36IN3O4. The number of guanidine groups is 1. The van der Waals surface area contributed by atoms with Gasteiger partial charge in [0.25, 0.3) is 0 Å². The highest BCUT2D eigenvalue weighted by Gasteiger charge is 2.27. The summed E-state index contributed by atoms with van der Waals surface area (Å²) in [7, 11) is 1.42. The number of esters is 1. The second kappa shape index (κ2) is 13.8. The number of carbonyl (C=O) groups is 1. The summed E-state index contributed by atoms with van der Waals surface area (Å²) in [4.78, 5) is 15.6. The molecule has 7 nitrogen and oxygen atoms in total. The third-order valence-corrected chi connectivity index (χ3v) is 4.34. The average molecular weight is 509 g/mol. The lowest BCUT2D eigenvalue weighted by molar-refractivity contribution is -0.140. The van der Waals surface area contributed by atoms with Gasteiger partial charge in [0.15, 0.2) is 5.96 Å². The molecule has 1 heterocycles. The number of aliphatic hydroxyl groups is 1. The Morgan fingerprint density at radius 2 is 1.93 bits per heavy atom. The van der Waals surface area contributed by atoms with Gasteiger partial charge in [0.1, 0.15) is 17.1 Å². The summed E-state index contributed by atoms with van der Waals surface area (Å²) >= 11 is 0. The molecule has 0 spiro atoms. The zero-order chi connectivity index (χ0) is 20.3.